The van der Waals surface area contributed by atoms with Crippen LogP contribution in [0.2, 0.25) is 0 Å². The fourth-order valence-corrected chi connectivity index (χ4v) is 1.88. The van der Waals surface area contributed by atoms with Crippen LogP contribution in [0.4, 0.5) is 4.79 Å². The SMILES string of the molecule is CCOC(CNC(=O)[C@@H](C)NC(=O)OCc1ccccc1)OCC. The maximum absolute atomic E-state index is 12.0. The van der Waals surface area contributed by atoms with Crippen LogP contribution in [0.25, 0.3) is 0 Å². The van der Waals surface area contributed by atoms with Crippen LogP contribution in [0.5, 0.6) is 0 Å². The average molecular weight is 338 g/mol. The largest absolute Gasteiger partial charge is 0.445 e. The molecule has 7 heteroatoms. The molecular weight excluding hydrogens is 312 g/mol. The molecule has 0 saturated carbocycles. The number of carbonyl (C=O) groups is 2. The van der Waals surface area contributed by atoms with Crippen LogP contribution in [0.15, 0.2) is 30.3 Å². The number of alkyl carbamates (subject to hydrolysis) is 1. The van der Waals surface area contributed by atoms with E-state index in [-0.39, 0.29) is 19.1 Å². The quantitative estimate of drug-likeness (QED) is 0.636. The van der Waals surface area contributed by atoms with Crippen LogP contribution in [0, 0.1) is 0 Å². The van der Waals surface area contributed by atoms with E-state index in [1.165, 1.54) is 0 Å². The molecule has 0 saturated heterocycles. The Balaban J connectivity index is 2.30. The van der Waals surface area contributed by atoms with Crippen molar-refractivity contribution in [3.8, 4) is 0 Å². The molecule has 1 aromatic carbocycles. The molecule has 2 N–H and O–H groups in total. The van der Waals surface area contributed by atoms with Gasteiger partial charge in [0.15, 0.2) is 6.29 Å². The summed E-state index contributed by atoms with van der Waals surface area (Å²) < 4.78 is 15.7. The van der Waals surface area contributed by atoms with Gasteiger partial charge in [0.1, 0.15) is 12.6 Å². The molecule has 24 heavy (non-hydrogen) atoms. The minimum absolute atomic E-state index is 0.151. The van der Waals surface area contributed by atoms with E-state index in [2.05, 4.69) is 10.6 Å². The number of carbonyl (C=O) groups excluding carboxylic acids is 2. The van der Waals surface area contributed by atoms with Gasteiger partial charge in [-0.3, -0.25) is 4.79 Å². The fraction of sp³-hybridized carbons (Fsp3) is 0.529. The van der Waals surface area contributed by atoms with Crippen molar-refractivity contribution in [1.82, 2.24) is 10.6 Å². The fourth-order valence-electron chi connectivity index (χ4n) is 1.88. The lowest BCUT2D eigenvalue weighted by molar-refractivity contribution is -0.141. The maximum atomic E-state index is 12.0. The number of amides is 2. The first-order valence-electron chi connectivity index (χ1n) is 8.04. The Labute approximate surface area is 142 Å². The Hall–Kier alpha value is -2.12. The molecule has 0 fully saturated rings. The molecular formula is C17H26N2O5. The third-order valence-corrected chi connectivity index (χ3v) is 3.09. The van der Waals surface area contributed by atoms with Crippen molar-refractivity contribution in [3.63, 3.8) is 0 Å². The summed E-state index contributed by atoms with van der Waals surface area (Å²) in [7, 11) is 0. The number of hydrogen-bond donors (Lipinski definition) is 2. The van der Waals surface area contributed by atoms with Crippen molar-refractivity contribution in [2.45, 2.75) is 39.7 Å². The molecule has 1 aromatic rings. The van der Waals surface area contributed by atoms with Crippen molar-refractivity contribution in [2.24, 2.45) is 0 Å². The van der Waals surface area contributed by atoms with E-state index in [4.69, 9.17) is 14.2 Å². The van der Waals surface area contributed by atoms with E-state index in [9.17, 15) is 9.59 Å². The Morgan fingerprint density at radius 2 is 1.71 bits per heavy atom. The second-order valence-electron chi connectivity index (χ2n) is 5.01. The molecule has 1 atom stereocenters. The van der Waals surface area contributed by atoms with Crippen molar-refractivity contribution >= 4 is 12.0 Å². The predicted octanol–water partition coefficient (Wildman–Crippen LogP) is 1.82. The molecule has 0 bridgehead atoms. The number of ether oxygens (including phenoxy) is 3. The summed E-state index contributed by atoms with van der Waals surface area (Å²) in [6.45, 7) is 6.61. The van der Waals surface area contributed by atoms with Crippen LogP contribution >= 0.6 is 0 Å². The van der Waals surface area contributed by atoms with Gasteiger partial charge < -0.3 is 24.8 Å². The molecule has 7 nitrogen and oxygen atoms in total. The summed E-state index contributed by atoms with van der Waals surface area (Å²) in [6.07, 6.45) is -1.14. The molecule has 0 heterocycles. The van der Waals surface area contributed by atoms with Gasteiger partial charge in [-0.1, -0.05) is 30.3 Å². The Kier molecular flexibility index (Phi) is 9.48. The third-order valence-electron chi connectivity index (χ3n) is 3.09. The normalized spacial score (nSPS) is 11.8. The number of benzene rings is 1. The average Bonchev–Trinajstić information content (AvgIpc) is 2.59. The minimum Gasteiger partial charge on any atom is -0.445 e. The van der Waals surface area contributed by atoms with Crippen LogP contribution < -0.4 is 10.6 Å². The summed E-state index contributed by atoms with van der Waals surface area (Å²) in [4.78, 5) is 23.7. The first kappa shape index (κ1) is 19.9. The summed E-state index contributed by atoms with van der Waals surface area (Å²) in [6, 6.07) is 8.58. The third kappa shape index (κ3) is 7.94. The van der Waals surface area contributed by atoms with Gasteiger partial charge in [-0.05, 0) is 26.3 Å². The highest BCUT2D eigenvalue weighted by Gasteiger charge is 2.18. The number of rotatable bonds is 10. The van der Waals surface area contributed by atoms with Crippen molar-refractivity contribution in [1.29, 1.82) is 0 Å². The van der Waals surface area contributed by atoms with Crippen LogP contribution in [0.3, 0.4) is 0 Å². The predicted molar refractivity (Wildman–Crippen MR) is 89.3 cm³/mol. The zero-order chi connectivity index (χ0) is 17.8. The Morgan fingerprint density at radius 3 is 2.29 bits per heavy atom. The van der Waals surface area contributed by atoms with E-state index in [1.807, 2.05) is 44.2 Å². The summed E-state index contributed by atoms with van der Waals surface area (Å²) in [5, 5.41) is 5.15. The number of nitrogens with one attached hydrogen (secondary N) is 2. The highest BCUT2D eigenvalue weighted by atomic mass is 16.7. The first-order valence-corrected chi connectivity index (χ1v) is 8.04. The zero-order valence-electron chi connectivity index (χ0n) is 14.4. The molecule has 2 amide bonds. The van der Waals surface area contributed by atoms with Crippen molar-refractivity contribution in [2.75, 3.05) is 19.8 Å². The van der Waals surface area contributed by atoms with Crippen LogP contribution in [-0.4, -0.2) is 44.1 Å². The lowest BCUT2D eigenvalue weighted by Gasteiger charge is -2.19. The molecule has 134 valence electrons. The zero-order valence-corrected chi connectivity index (χ0v) is 14.4. The van der Waals surface area contributed by atoms with E-state index in [0.29, 0.717) is 13.2 Å². The molecule has 0 radical (unpaired) electrons. The smallest absolute Gasteiger partial charge is 0.408 e. The van der Waals surface area contributed by atoms with Gasteiger partial charge in [0.2, 0.25) is 5.91 Å². The van der Waals surface area contributed by atoms with E-state index in [1.54, 1.807) is 6.92 Å². The van der Waals surface area contributed by atoms with Crippen molar-refractivity contribution < 1.29 is 23.8 Å². The van der Waals surface area contributed by atoms with Crippen LogP contribution in [-0.2, 0) is 25.6 Å². The molecule has 0 aromatic heterocycles. The maximum Gasteiger partial charge on any atom is 0.408 e. The Bertz CT molecular complexity index is 489. The molecule has 0 spiro atoms. The molecule has 0 aliphatic rings. The first-order chi connectivity index (χ1) is 11.6. The highest BCUT2D eigenvalue weighted by molar-refractivity contribution is 5.85. The molecule has 0 unspecified atom stereocenters. The molecule has 1 rings (SSSR count). The standard InChI is InChI=1S/C17H26N2O5/c1-4-22-15(23-5-2)11-18-16(20)13(3)19-17(21)24-12-14-9-7-6-8-10-14/h6-10,13,15H,4-5,11-12H2,1-3H3,(H,18,20)(H,19,21)/t13-/m1/s1. The van der Waals surface area contributed by atoms with Crippen LogP contribution in [0.1, 0.15) is 26.3 Å². The summed E-state index contributed by atoms with van der Waals surface area (Å²) in [5.41, 5.74) is 0.876. The van der Waals surface area contributed by atoms with Gasteiger partial charge in [-0.15, -0.1) is 0 Å². The van der Waals surface area contributed by atoms with Crippen molar-refractivity contribution in [3.05, 3.63) is 35.9 Å². The van der Waals surface area contributed by atoms with Gasteiger partial charge >= 0.3 is 6.09 Å². The van der Waals surface area contributed by atoms with Gasteiger partial charge in [-0.2, -0.15) is 0 Å². The molecule has 0 aliphatic heterocycles. The van der Waals surface area contributed by atoms with E-state index >= 15 is 0 Å². The van der Waals surface area contributed by atoms with Gasteiger partial charge in [0.25, 0.3) is 0 Å². The topological polar surface area (TPSA) is 85.9 Å². The highest BCUT2D eigenvalue weighted by Crippen LogP contribution is 2.01. The summed E-state index contributed by atoms with van der Waals surface area (Å²) in [5.74, 6) is -0.337. The summed E-state index contributed by atoms with van der Waals surface area (Å²) >= 11 is 0. The second-order valence-corrected chi connectivity index (χ2v) is 5.01. The van der Waals surface area contributed by atoms with E-state index < -0.39 is 18.4 Å². The second kappa shape index (κ2) is 11.4. The Morgan fingerprint density at radius 1 is 1.08 bits per heavy atom. The monoisotopic (exact) mass is 338 g/mol. The van der Waals surface area contributed by atoms with Gasteiger partial charge in [0, 0.05) is 13.2 Å². The van der Waals surface area contributed by atoms with Gasteiger partial charge in [0.05, 0.1) is 6.54 Å². The lowest BCUT2D eigenvalue weighted by Crippen LogP contribution is -2.47. The van der Waals surface area contributed by atoms with E-state index in [0.717, 1.165) is 5.56 Å². The number of hydrogen-bond acceptors (Lipinski definition) is 5. The lowest BCUT2D eigenvalue weighted by atomic mass is 10.2. The molecule has 0 aliphatic carbocycles. The van der Waals surface area contributed by atoms with Gasteiger partial charge in [-0.25, -0.2) is 4.79 Å². The minimum atomic E-state index is -0.725.